The van der Waals surface area contributed by atoms with Gasteiger partial charge in [0.2, 0.25) is 11.8 Å². The molecule has 2 aromatic rings. The molecule has 1 fully saturated rings. The summed E-state index contributed by atoms with van der Waals surface area (Å²) in [7, 11) is 3.04. The SMILES string of the molecule is COc1ccc(NC(=O)c2ccccc2N2C(=O)[C@H]3CC(C)=CC[C@H]3C2=O)c(OC)c1. The van der Waals surface area contributed by atoms with Crippen molar-refractivity contribution in [2.24, 2.45) is 11.8 Å². The third-order valence-corrected chi connectivity index (χ3v) is 5.87. The summed E-state index contributed by atoms with van der Waals surface area (Å²) in [6.07, 6.45) is 3.14. The molecule has 4 rings (SSSR count). The maximum atomic E-state index is 13.1. The standard InChI is InChI=1S/C24H24N2O5/c1-14-8-10-16-18(12-14)24(29)26(23(16)28)20-7-5-4-6-17(20)22(27)25-19-11-9-15(30-2)13-21(19)31-3/h4-9,11,13,16,18H,10,12H2,1-3H3,(H,25,27)/t16-,18+/m1/s1. The number of methoxy groups -OCH3 is 2. The van der Waals surface area contributed by atoms with E-state index in [1.165, 1.54) is 12.0 Å². The lowest BCUT2D eigenvalue weighted by atomic mass is 9.82. The van der Waals surface area contributed by atoms with Gasteiger partial charge in [-0.3, -0.25) is 14.4 Å². The number of amides is 3. The Hall–Kier alpha value is -3.61. The molecule has 160 valence electrons. The average Bonchev–Trinajstić information content (AvgIpc) is 3.03. The minimum atomic E-state index is -0.441. The maximum absolute atomic E-state index is 13.1. The third kappa shape index (κ3) is 3.67. The molecule has 1 aliphatic heterocycles. The fraction of sp³-hybridized carbons (Fsp3) is 0.292. The van der Waals surface area contributed by atoms with E-state index in [2.05, 4.69) is 5.32 Å². The molecule has 0 aromatic heterocycles. The highest BCUT2D eigenvalue weighted by Gasteiger charge is 2.49. The number of anilines is 2. The number of benzene rings is 2. The summed E-state index contributed by atoms with van der Waals surface area (Å²) in [5.74, 6) is -0.639. The van der Waals surface area contributed by atoms with Gasteiger partial charge in [0.05, 0.1) is 43.0 Å². The van der Waals surface area contributed by atoms with Gasteiger partial charge in [0.1, 0.15) is 11.5 Å². The monoisotopic (exact) mass is 420 g/mol. The molecule has 2 aromatic carbocycles. The summed E-state index contributed by atoms with van der Waals surface area (Å²) >= 11 is 0. The smallest absolute Gasteiger partial charge is 0.257 e. The Morgan fingerprint density at radius 1 is 1.03 bits per heavy atom. The predicted molar refractivity (Wildman–Crippen MR) is 116 cm³/mol. The van der Waals surface area contributed by atoms with Gasteiger partial charge < -0.3 is 14.8 Å². The molecule has 0 radical (unpaired) electrons. The first-order chi connectivity index (χ1) is 14.9. The van der Waals surface area contributed by atoms with Crippen molar-refractivity contribution in [1.82, 2.24) is 0 Å². The molecule has 0 bridgehead atoms. The number of allylic oxidation sites excluding steroid dienone is 2. The number of hydrogen-bond donors (Lipinski definition) is 1. The first-order valence-corrected chi connectivity index (χ1v) is 10.1. The zero-order chi connectivity index (χ0) is 22.1. The summed E-state index contributed by atoms with van der Waals surface area (Å²) in [6.45, 7) is 1.97. The van der Waals surface area contributed by atoms with Crippen LogP contribution in [0.3, 0.4) is 0 Å². The molecule has 7 heteroatoms. The summed E-state index contributed by atoms with van der Waals surface area (Å²) in [6, 6.07) is 11.7. The molecular weight excluding hydrogens is 396 g/mol. The molecule has 2 aliphatic rings. The van der Waals surface area contributed by atoms with Crippen LogP contribution in [-0.2, 0) is 9.59 Å². The van der Waals surface area contributed by atoms with Crippen molar-refractivity contribution in [1.29, 1.82) is 0 Å². The first-order valence-electron chi connectivity index (χ1n) is 10.1. The predicted octanol–water partition coefficient (Wildman–Crippen LogP) is 3.80. The second-order valence-corrected chi connectivity index (χ2v) is 7.75. The molecule has 1 heterocycles. The normalized spacial score (nSPS) is 20.2. The molecule has 31 heavy (non-hydrogen) atoms. The Kier molecular flexibility index (Phi) is 5.50. The molecular formula is C24H24N2O5. The van der Waals surface area contributed by atoms with Crippen molar-refractivity contribution in [3.05, 3.63) is 59.7 Å². The van der Waals surface area contributed by atoms with Crippen LogP contribution in [0.1, 0.15) is 30.1 Å². The highest BCUT2D eigenvalue weighted by molar-refractivity contribution is 6.25. The fourth-order valence-electron chi connectivity index (χ4n) is 4.23. The van der Waals surface area contributed by atoms with Crippen LogP contribution >= 0.6 is 0 Å². The van der Waals surface area contributed by atoms with Crippen molar-refractivity contribution in [3.8, 4) is 11.5 Å². The van der Waals surface area contributed by atoms with Crippen LogP contribution in [0.25, 0.3) is 0 Å². The Morgan fingerprint density at radius 3 is 2.52 bits per heavy atom. The Balaban J connectivity index is 1.65. The second-order valence-electron chi connectivity index (χ2n) is 7.75. The van der Waals surface area contributed by atoms with Crippen LogP contribution in [0.15, 0.2) is 54.1 Å². The van der Waals surface area contributed by atoms with Crippen molar-refractivity contribution in [2.45, 2.75) is 19.8 Å². The molecule has 0 unspecified atom stereocenters. The van der Waals surface area contributed by atoms with E-state index in [1.807, 2.05) is 13.0 Å². The van der Waals surface area contributed by atoms with Crippen molar-refractivity contribution >= 4 is 29.1 Å². The lowest BCUT2D eigenvalue weighted by Crippen LogP contribution is -2.33. The summed E-state index contributed by atoms with van der Waals surface area (Å²) in [5, 5.41) is 2.81. The van der Waals surface area contributed by atoms with E-state index in [-0.39, 0.29) is 29.2 Å². The quantitative estimate of drug-likeness (QED) is 0.587. The zero-order valence-corrected chi connectivity index (χ0v) is 17.7. The molecule has 1 aliphatic carbocycles. The molecule has 1 saturated heterocycles. The van der Waals surface area contributed by atoms with E-state index in [4.69, 9.17) is 9.47 Å². The number of nitrogens with one attached hydrogen (secondary N) is 1. The minimum Gasteiger partial charge on any atom is -0.497 e. The number of ether oxygens (including phenoxy) is 2. The fourth-order valence-corrected chi connectivity index (χ4v) is 4.23. The number of hydrogen-bond acceptors (Lipinski definition) is 5. The van der Waals surface area contributed by atoms with E-state index >= 15 is 0 Å². The van der Waals surface area contributed by atoms with Gasteiger partial charge in [0.15, 0.2) is 0 Å². The van der Waals surface area contributed by atoms with Gasteiger partial charge in [-0.25, -0.2) is 4.90 Å². The third-order valence-electron chi connectivity index (χ3n) is 5.87. The van der Waals surface area contributed by atoms with Gasteiger partial charge in [-0.1, -0.05) is 23.8 Å². The largest absolute Gasteiger partial charge is 0.497 e. The maximum Gasteiger partial charge on any atom is 0.257 e. The zero-order valence-electron chi connectivity index (χ0n) is 17.7. The van der Waals surface area contributed by atoms with E-state index in [1.54, 1.807) is 49.6 Å². The van der Waals surface area contributed by atoms with Gasteiger partial charge in [-0.05, 0) is 44.0 Å². The van der Waals surface area contributed by atoms with Crippen LogP contribution in [0, 0.1) is 11.8 Å². The number of rotatable bonds is 5. The summed E-state index contributed by atoms with van der Waals surface area (Å²) in [5.41, 5.74) is 2.11. The molecule has 1 N–H and O–H groups in total. The summed E-state index contributed by atoms with van der Waals surface area (Å²) < 4.78 is 10.5. The highest BCUT2D eigenvalue weighted by Crippen LogP contribution is 2.40. The number of carbonyl (C=O) groups is 3. The van der Waals surface area contributed by atoms with Gasteiger partial charge >= 0.3 is 0 Å². The molecule has 3 amide bonds. The Morgan fingerprint density at radius 2 is 1.77 bits per heavy atom. The first kappa shape index (κ1) is 20.7. The number of nitrogens with zero attached hydrogens (tertiary/aromatic N) is 1. The molecule has 0 saturated carbocycles. The van der Waals surface area contributed by atoms with Crippen LogP contribution in [0.5, 0.6) is 11.5 Å². The lowest BCUT2D eigenvalue weighted by Gasteiger charge is -2.19. The van der Waals surface area contributed by atoms with E-state index in [0.29, 0.717) is 35.7 Å². The molecule has 0 spiro atoms. The van der Waals surface area contributed by atoms with Gasteiger partial charge in [0.25, 0.3) is 5.91 Å². The number of para-hydroxylation sites is 1. The van der Waals surface area contributed by atoms with Gasteiger partial charge in [-0.2, -0.15) is 0 Å². The Bertz CT molecular complexity index is 1090. The highest BCUT2D eigenvalue weighted by atomic mass is 16.5. The minimum absolute atomic E-state index is 0.241. The molecule has 2 atom stereocenters. The van der Waals surface area contributed by atoms with E-state index in [9.17, 15) is 14.4 Å². The number of fused-ring (bicyclic) bond motifs is 1. The van der Waals surface area contributed by atoms with E-state index in [0.717, 1.165) is 5.57 Å². The van der Waals surface area contributed by atoms with Gasteiger partial charge in [-0.15, -0.1) is 0 Å². The van der Waals surface area contributed by atoms with Crippen LogP contribution < -0.4 is 19.7 Å². The average molecular weight is 420 g/mol. The van der Waals surface area contributed by atoms with Crippen LogP contribution in [0.4, 0.5) is 11.4 Å². The number of imide groups is 1. The van der Waals surface area contributed by atoms with Gasteiger partial charge in [0, 0.05) is 6.07 Å². The number of carbonyl (C=O) groups excluding carboxylic acids is 3. The van der Waals surface area contributed by atoms with E-state index < -0.39 is 5.91 Å². The lowest BCUT2D eigenvalue weighted by molar-refractivity contribution is -0.122. The molecule has 7 nitrogen and oxygen atoms in total. The van der Waals surface area contributed by atoms with Crippen LogP contribution in [0.2, 0.25) is 0 Å². The van der Waals surface area contributed by atoms with Crippen molar-refractivity contribution < 1.29 is 23.9 Å². The van der Waals surface area contributed by atoms with Crippen molar-refractivity contribution in [2.75, 3.05) is 24.4 Å². The Labute approximate surface area is 180 Å². The second kappa shape index (κ2) is 8.26. The topological polar surface area (TPSA) is 84.9 Å². The van der Waals surface area contributed by atoms with Crippen LogP contribution in [-0.4, -0.2) is 31.9 Å². The van der Waals surface area contributed by atoms with Crippen molar-refractivity contribution in [3.63, 3.8) is 0 Å². The summed E-state index contributed by atoms with van der Waals surface area (Å²) in [4.78, 5) is 40.5.